The van der Waals surface area contributed by atoms with Gasteiger partial charge >= 0.3 is 0 Å². The lowest BCUT2D eigenvalue weighted by Crippen LogP contribution is -2.46. The zero-order valence-electron chi connectivity index (χ0n) is 13.7. The van der Waals surface area contributed by atoms with Gasteiger partial charge in [-0.15, -0.1) is 0 Å². The summed E-state index contributed by atoms with van der Waals surface area (Å²) in [7, 11) is 2.21. The maximum Gasteiger partial charge on any atom is 0.0600 e. The lowest BCUT2D eigenvalue weighted by atomic mass is 10.1. The number of rotatable bonds is 6. The van der Waals surface area contributed by atoms with Gasteiger partial charge in [0.15, 0.2) is 0 Å². The van der Waals surface area contributed by atoms with Gasteiger partial charge in [-0.2, -0.15) is 0 Å². The van der Waals surface area contributed by atoms with Gasteiger partial charge in [-0.25, -0.2) is 0 Å². The van der Waals surface area contributed by atoms with Crippen molar-refractivity contribution in [1.82, 2.24) is 14.7 Å². The van der Waals surface area contributed by atoms with Gasteiger partial charge in [0.25, 0.3) is 0 Å². The van der Waals surface area contributed by atoms with E-state index in [1.807, 2.05) is 0 Å². The number of hydrogen-bond donors (Lipinski definition) is 0. The highest BCUT2D eigenvalue weighted by Gasteiger charge is 2.20. The van der Waals surface area contributed by atoms with E-state index < -0.39 is 0 Å². The Labute approximate surface area is 125 Å². The number of ether oxygens (including phenoxy) is 1. The van der Waals surface area contributed by atoms with Crippen molar-refractivity contribution in [2.24, 2.45) is 5.92 Å². The summed E-state index contributed by atoms with van der Waals surface area (Å²) in [5, 5.41) is 0. The Kier molecular flexibility index (Phi) is 6.75. The van der Waals surface area contributed by atoms with Crippen molar-refractivity contribution in [3.8, 4) is 0 Å². The van der Waals surface area contributed by atoms with Gasteiger partial charge in [0.05, 0.1) is 12.7 Å². The van der Waals surface area contributed by atoms with Gasteiger partial charge < -0.3 is 14.5 Å². The Morgan fingerprint density at radius 2 is 1.60 bits per heavy atom. The molecule has 0 unspecified atom stereocenters. The monoisotopic (exact) mass is 283 g/mol. The van der Waals surface area contributed by atoms with Crippen molar-refractivity contribution in [3.63, 3.8) is 0 Å². The van der Waals surface area contributed by atoms with Gasteiger partial charge in [-0.1, -0.05) is 13.8 Å². The van der Waals surface area contributed by atoms with Gasteiger partial charge in [0, 0.05) is 52.4 Å². The molecule has 0 aromatic carbocycles. The summed E-state index contributed by atoms with van der Waals surface area (Å²) in [5.74, 6) is 0.782. The van der Waals surface area contributed by atoms with Crippen LogP contribution in [0, 0.1) is 5.92 Å². The number of likely N-dealkylation sites (tertiary alicyclic amines) is 1. The molecule has 2 rings (SSSR count). The fourth-order valence-corrected chi connectivity index (χ4v) is 3.19. The molecule has 0 N–H and O–H groups in total. The van der Waals surface area contributed by atoms with E-state index in [0.717, 1.165) is 19.1 Å². The van der Waals surface area contributed by atoms with E-state index in [1.165, 1.54) is 58.7 Å². The standard InChI is InChI=1S/C16H33N3O/c1-15(2)14-19-6-4-16(5-7-19)20-13-12-18-10-8-17(3)9-11-18/h15-16H,4-14H2,1-3H3. The Bertz CT molecular complexity index is 256. The molecule has 0 aromatic rings. The van der Waals surface area contributed by atoms with Gasteiger partial charge in [-0.3, -0.25) is 4.90 Å². The minimum Gasteiger partial charge on any atom is -0.377 e. The van der Waals surface area contributed by atoms with Crippen LogP contribution in [0.25, 0.3) is 0 Å². The number of piperazine rings is 1. The van der Waals surface area contributed by atoms with Crippen LogP contribution in [0.5, 0.6) is 0 Å². The molecule has 20 heavy (non-hydrogen) atoms. The normalized spacial score (nSPS) is 24.6. The summed E-state index contributed by atoms with van der Waals surface area (Å²) in [4.78, 5) is 7.53. The smallest absolute Gasteiger partial charge is 0.0600 e. The van der Waals surface area contributed by atoms with Crippen LogP contribution in [0.4, 0.5) is 0 Å². The van der Waals surface area contributed by atoms with Crippen LogP contribution in [0.2, 0.25) is 0 Å². The summed E-state index contributed by atoms with van der Waals surface area (Å²) in [6, 6.07) is 0. The van der Waals surface area contributed by atoms with Gasteiger partial charge in [0.1, 0.15) is 0 Å². The van der Waals surface area contributed by atoms with E-state index in [1.54, 1.807) is 0 Å². The lowest BCUT2D eigenvalue weighted by Gasteiger charge is -2.34. The van der Waals surface area contributed by atoms with Crippen LogP contribution in [0.3, 0.4) is 0 Å². The highest BCUT2D eigenvalue weighted by molar-refractivity contribution is 4.74. The van der Waals surface area contributed by atoms with Crippen LogP contribution < -0.4 is 0 Å². The maximum atomic E-state index is 6.08. The molecule has 2 aliphatic rings. The predicted octanol–water partition coefficient (Wildman–Crippen LogP) is 1.37. The second kappa shape index (κ2) is 8.32. The van der Waals surface area contributed by atoms with Crippen LogP contribution in [0.15, 0.2) is 0 Å². The zero-order valence-corrected chi connectivity index (χ0v) is 13.7. The summed E-state index contributed by atoms with van der Waals surface area (Å²) in [5.41, 5.74) is 0. The van der Waals surface area contributed by atoms with Gasteiger partial charge in [-0.05, 0) is 25.8 Å². The van der Waals surface area contributed by atoms with Crippen molar-refractivity contribution in [1.29, 1.82) is 0 Å². The summed E-state index contributed by atoms with van der Waals surface area (Å²) >= 11 is 0. The van der Waals surface area contributed by atoms with E-state index >= 15 is 0 Å². The predicted molar refractivity (Wildman–Crippen MR) is 84.2 cm³/mol. The molecule has 2 fully saturated rings. The quantitative estimate of drug-likeness (QED) is 0.733. The van der Waals surface area contributed by atoms with E-state index in [-0.39, 0.29) is 0 Å². The molecule has 0 amide bonds. The molecule has 0 saturated carbocycles. The summed E-state index contributed by atoms with van der Waals surface area (Å²) in [6.45, 7) is 15.1. The second-order valence-electron chi connectivity index (χ2n) is 6.91. The van der Waals surface area contributed by atoms with Crippen molar-refractivity contribution >= 4 is 0 Å². The first-order valence-electron chi connectivity index (χ1n) is 8.38. The molecule has 0 spiro atoms. The average Bonchev–Trinajstić information content (AvgIpc) is 2.42. The Balaban J connectivity index is 1.53. The van der Waals surface area contributed by atoms with Crippen molar-refractivity contribution in [3.05, 3.63) is 0 Å². The molecule has 4 nitrogen and oxygen atoms in total. The molecule has 0 aromatic heterocycles. The van der Waals surface area contributed by atoms with Crippen LogP contribution in [0.1, 0.15) is 26.7 Å². The molecule has 0 atom stereocenters. The Hall–Kier alpha value is -0.160. The third-order valence-corrected chi connectivity index (χ3v) is 4.51. The summed E-state index contributed by atoms with van der Waals surface area (Å²) < 4.78 is 6.08. The highest BCUT2D eigenvalue weighted by atomic mass is 16.5. The SMILES string of the molecule is CC(C)CN1CCC(OCCN2CCN(C)CC2)CC1. The molecular formula is C16H33N3O. The topological polar surface area (TPSA) is 19.0 Å². The molecular weight excluding hydrogens is 250 g/mol. The first-order valence-corrected chi connectivity index (χ1v) is 8.38. The van der Waals surface area contributed by atoms with E-state index in [4.69, 9.17) is 4.74 Å². The molecule has 2 aliphatic heterocycles. The Morgan fingerprint density at radius 1 is 0.950 bits per heavy atom. The summed E-state index contributed by atoms with van der Waals surface area (Å²) in [6.07, 6.45) is 2.94. The molecule has 118 valence electrons. The molecule has 0 aliphatic carbocycles. The molecule has 0 radical (unpaired) electrons. The number of likely N-dealkylation sites (N-methyl/N-ethyl adjacent to an activating group) is 1. The largest absolute Gasteiger partial charge is 0.377 e. The fourth-order valence-electron chi connectivity index (χ4n) is 3.19. The number of hydrogen-bond acceptors (Lipinski definition) is 4. The van der Waals surface area contributed by atoms with Gasteiger partial charge in [0.2, 0.25) is 0 Å². The minimum absolute atomic E-state index is 0.505. The van der Waals surface area contributed by atoms with Crippen molar-refractivity contribution < 1.29 is 4.74 Å². The first kappa shape index (κ1) is 16.2. The molecule has 2 heterocycles. The maximum absolute atomic E-state index is 6.08. The van der Waals surface area contributed by atoms with Crippen molar-refractivity contribution in [2.75, 3.05) is 66.0 Å². The van der Waals surface area contributed by atoms with E-state index in [2.05, 4.69) is 35.6 Å². The zero-order chi connectivity index (χ0) is 14.4. The number of nitrogens with zero attached hydrogens (tertiary/aromatic N) is 3. The van der Waals surface area contributed by atoms with Crippen LogP contribution >= 0.6 is 0 Å². The Morgan fingerprint density at radius 3 is 2.20 bits per heavy atom. The lowest BCUT2D eigenvalue weighted by molar-refractivity contribution is -0.00707. The third kappa shape index (κ3) is 5.68. The molecule has 4 heteroatoms. The van der Waals surface area contributed by atoms with Crippen LogP contribution in [-0.4, -0.2) is 86.8 Å². The third-order valence-electron chi connectivity index (χ3n) is 4.51. The molecule has 0 bridgehead atoms. The highest BCUT2D eigenvalue weighted by Crippen LogP contribution is 2.15. The van der Waals surface area contributed by atoms with Crippen LogP contribution in [-0.2, 0) is 4.74 Å². The van der Waals surface area contributed by atoms with E-state index in [0.29, 0.717) is 6.10 Å². The fraction of sp³-hybridized carbons (Fsp3) is 1.00. The van der Waals surface area contributed by atoms with Crippen molar-refractivity contribution in [2.45, 2.75) is 32.8 Å². The molecule has 2 saturated heterocycles. The first-order chi connectivity index (χ1) is 9.63. The minimum atomic E-state index is 0.505. The second-order valence-corrected chi connectivity index (χ2v) is 6.91. The van der Waals surface area contributed by atoms with E-state index in [9.17, 15) is 0 Å². The number of piperidine rings is 1. The average molecular weight is 283 g/mol.